The highest BCUT2D eigenvalue weighted by molar-refractivity contribution is 6.90. The molecule has 0 atom stereocenters. The summed E-state index contributed by atoms with van der Waals surface area (Å²) in [6.07, 6.45) is 0. The SMILES string of the molecule is [2H]c1c([2H])c([2H])c2c(-c3ccc(-c4cc5ccccc5c5ccccc45)c4oc5ccccc5c34)c3c([2H])c([2H])c([2H])c([2H])c3c(-c3cccc4ccccc34)c2c1[2H].[2H]c1c([2H])c([2H])c2c(-c3ccc(-c4ccc([Si](C)(C)C)c5ccccc45)c4oc5ccccc5c34)c3c([2H])c([2H])c([2H])c([2H])c3c(-c3cccc4ccccc34)c2c1[2H]. The van der Waals surface area contributed by atoms with Crippen LogP contribution < -0.4 is 5.19 Å². The highest BCUT2D eigenvalue weighted by Gasteiger charge is 2.28. The van der Waals surface area contributed by atoms with E-state index in [0.29, 0.717) is 72.0 Å². The molecule has 478 valence electrons. The second-order valence-electron chi connectivity index (χ2n) is 27.1. The monoisotopic (exact) mass is 1330 g/mol. The number of hydrogen-bond donors (Lipinski definition) is 0. The summed E-state index contributed by atoms with van der Waals surface area (Å²) in [5, 5.41) is 15.4. The molecule has 0 unspecified atom stereocenters. The number of para-hydroxylation sites is 2. The van der Waals surface area contributed by atoms with Crippen molar-refractivity contribution in [2.24, 2.45) is 0 Å². The van der Waals surface area contributed by atoms with E-state index in [9.17, 15) is 11.0 Å². The van der Waals surface area contributed by atoms with Crippen molar-refractivity contribution in [1.29, 1.82) is 0 Å². The highest BCUT2D eigenvalue weighted by Crippen LogP contribution is 2.53. The predicted molar refractivity (Wildman–Crippen MR) is 441 cm³/mol. The van der Waals surface area contributed by atoms with Crippen molar-refractivity contribution in [2.75, 3.05) is 0 Å². The first-order chi connectivity index (χ1) is 56.9. The molecule has 3 heteroatoms. The molecule has 0 aliphatic rings. The van der Waals surface area contributed by atoms with Gasteiger partial charge in [-0.2, -0.15) is 0 Å². The summed E-state index contributed by atoms with van der Waals surface area (Å²) in [6, 6.07) is 75.3. The molecule has 0 N–H and O–H groups in total. The predicted octanol–water partition coefficient (Wildman–Crippen LogP) is 28.1. The second kappa shape index (κ2) is 23.5. The maximum atomic E-state index is 9.60. The molecular weight excluding hydrogens is 1250 g/mol. The first kappa shape index (κ1) is 45.1. The van der Waals surface area contributed by atoms with Crippen LogP contribution in [0.5, 0.6) is 0 Å². The van der Waals surface area contributed by atoms with Crippen LogP contribution in [0.3, 0.4) is 0 Å². The number of fused-ring (bicyclic) bond motifs is 16. The quantitative estimate of drug-likeness (QED) is 0.0903. The topological polar surface area (TPSA) is 26.3 Å². The summed E-state index contributed by atoms with van der Waals surface area (Å²) in [7, 11) is -1.74. The molecule has 0 amide bonds. The Hall–Kier alpha value is -12.7. The summed E-state index contributed by atoms with van der Waals surface area (Å²) < 4.78 is 162. The molecule has 2 heterocycles. The highest BCUT2D eigenvalue weighted by atomic mass is 28.3. The minimum absolute atomic E-state index is 0.159. The van der Waals surface area contributed by atoms with Gasteiger partial charge in [0.05, 0.1) is 30.0 Å². The first-order valence-corrected chi connectivity index (χ1v) is 37.7. The van der Waals surface area contributed by atoms with Crippen LogP contribution in [0.2, 0.25) is 19.6 Å². The lowest BCUT2D eigenvalue weighted by atomic mass is 9.83. The van der Waals surface area contributed by atoms with E-state index >= 15 is 0 Å². The third-order valence-electron chi connectivity index (χ3n) is 20.5. The lowest BCUT2D eigenvalue weighted by Crippen LogP contribution is -2.38. The van der Waals surface area contributed by atoms with Crippen molar-refractivity contribution in [3.05, 3.63) is 345 Å². The number of benzene rings is 19. The summed E-state index contributed by atoms with van der Waals surface area (Å²) in [4.78, 5) is 0. The molecule has 21 aromatic rings. The van der Waals surface area contributed by atoms with Crippen LogP contribution in [0.1, 0.15) is 21.9 Å². The number of furan rings is 2. The van der Waals surface area contributed by atoms with Gasteiger partial charge in [-0.15, -0.1) is 0 Å². The molecule has 0 radical (unpaired) electrons. The zero-order chi connectivity index (χ0) is 81.7. The minimum Gasteiger partial charge on any atom is -0.455 e. The van der Waals surface area contributed by atoms with E-state index in [1.54, 1.807) is 0 Å². The molecule has 102 heavy (non-hydrogen) atoms. The fourth-order valence-corrected chi connectivity index (χ4v) is 17.8. The fraction of sp³-hybridized carbons (Fsp3) is 0.0303. The normalized spacial score (nSPS) is 14.3. The molecule has 2 aromatic heterocycles. The fourth-order valence-electron chi connectivity index (χ4n) is 16.2. The minimum atomic E-state index is -1.74. The van der Waals surface area contributed by atoms with Crippen LogP contribution >= 0.6 is 0 Å². The Morgan fingerprint density at radius 1 is 0.225 bits per heavy atom. The largest absolute Gasteiger partial charge is 0.455 e. The van der Waals surface area contributed by atoms with Crippen molar-refractivity contribution in [2.45, 2.75) is 19.6 Å². The Bertz CT molecular complexity index is 7910. The van der Waals surface area contributed by atoms with Gasteiger partial charge in [0.15, 0.2) is 0 Å². The zero-order valence-corrected chi connectivity index (χ0v) is 56.5. The summed E-state index contributed by atoms with van der Waals surface area (Å²) in [5.74, 6) is 0. The van der Waals surface area contributed by atoms with E-state index < -0.39 is 56.4 Å². The lowest BCUT2D eigenvalue weighted by molar-refractivity contribution is 0.670. The maximum Gasteiger partial charge on any atom is 0.143 e. The summed E-state index contributed by atoms with van der Waals surface area (Å²) in [6.45, 7) is 7.01. The number of hydrogen-bond acceptors (Lipinski definition) is 2. The third-order valence-corrected chi connectivity index (χ3v) is 22.6. The first-order valence-electron chi connectivity index (χ1n) is 42.2. The van der Waals surface area contributed by atoms with Crippen molar-refractivity contribution >= 4 is 154 Å². The average Bonchev–Trinajstić information content (AvgIpc) is 0.965. The molecule has 0 aliphatic carbocycles. The van der Waals surface area contributed by atoms with Gasteiger partial charge in [-0.05, 0) is 183 Å². The van der Waals surface area contributed by atoms with Gasteiger partial charge < -0.3 is 8.83 Å². The van der Waals surface area contributed by atoms with Gasteiger partial charge in [0, 0.05) is 32.7 Å². The van der Waals surface area contributed by atoms with E-state index in [2.05, 4.69) is 80.3 Å². The van der Waals surface area contributed by atoms with Crippen LogP contribution in [0.15, 0.2) is 354 Å². The zero-order valence-electron chi connectivity index (χ0n) is 71.5. The Balaban J connectivity index is 0.000000151. The van der Waals surface area contributed by atoms with Gasteiger partial charge in [-0.3, -0.25) is 0 Å². The van der Waals surface area contributed by atoms with Crippen molar-refractivity contribution in [1.82, 2.24) is 0 Å². The molecule has 0 bridgehead atoms. The van der Waals surface area contributed by atoms with Gasteiger partial charge in [-0.1, -0.05) is 340 Å². The van der Waals surface area contributed by atoms with E-state index in [1.165, 1.54) is 10.6 Å². The van der Waals surface area contributed by atoms with Crippen LogP contribution in [0.25, 0.3) is 208 Å². The molecule has 0 aliphatic heterocycles. The van der Waals surface area contributed by atoms with Gasteiger partial charge in [0.25, 0.3) is 0 Å². The summed E-state index contributed by atoms with van der Waals surface area (Å²) >= 11 is 0. The van der Waals surface area contributed by atoms with Gasteiger partial charge in [-0.25, -0.2) is 0 Å². The van der Waals surface area contributed by atoms with Crippen molar-refractivity contribution in [3.8, 4) is 66.8 Å². The van der Waals surface area contributed by atoms with Gasteiger partial charge in [0.2, 0.25) is 0 Å². The molecule has 21 rings (SSSR count). The maximum absolute atomic E-state index is 9.60. The molecule has 2 nitrogen and oxygen atoms in total. The van der Waals surface area contributed by atoms with Gasteiger partial charge >= 0.3 is 0 Å². The summed E-state index contributed by atoms with van der Waals surface area (Å²) in [5.41, 5.74) is 9.37. The molecular formula is C99H66O2Si. The molecule has 0 saturated heterocycles. The average molecular weight is 1330 g/mol. The third kappa shape index (κ3) is 9.25. The van der Waals surface area contributed by atoms with E-state index in [4.69, 9.17) is 19.8 Å². The number of rotatable bonds is 7. The van der Waals surface area contributed by atoms with Crippen LogP contribution in [0.4, 0.5) is 0 Å². The molecule has 0 saturated carbocycles. The molecule has 0 spiro atoms. The van der Waals surface area contributed by atoms with Crippen molar-refractivity contribution in [3.63, 3.8) is 0 Å². The van der Waals surface area contributed by atoms with E-state index in [-0.39, 0.29) is 97.0 Å². The Morgan fingerprint density at radius 2 is 0.539 bits per heavy atom. The van der Waals surface area contributed by atoms with Crippen LogP contribution in [-0.2, 0) is 0 Å². The Morgan fingerprint density at radius 3 is 0.980 bits per heavy atom. The van der Waals surface area contributed by atoms with Crippen LogP contribution in [0, 0.1) is 0 Å². The van der Waals surface area contributed by atoms with Gasteiger partial charge in [0.1, 0.15) is 22.3 Å². The Kier molecular flexibility index (Phi) is 10.4. The standard InChI is InChI=1S/C50H30O.C49H36OSi/c1-3-17-33-31(14-1)16-13-26-37(33)47-38-21-7-9-23-40(38)48(41-24-10-8-22-39(41)47)44-29-28-42(50-49(44)43-25-11-12-27-46(43)51-50)45-30-32-15-2-4-18-34(32)35-19-5-6-20-36(35)45;1-51(2,3)45-30-29-34(33-18-6-7-19-35(33)45)41-27-28-43(48-42-24-12-13-26-44(42)50-49(41)48)47-39-22-10-8-20-37(39)46(38-21-9-11-23-40(38)47)36-25-14-16-31-15-4-5-17-32(31)36/h1-30H;4-30H,1-3H3/i7D,8D,9D,10D,21D,22D,23D,24D;8D,9D,10D,11D,20D,21D,22D,23D. The van der Waals surface area contributed by atoms with Crippen LogP contribution in [-0.4, -0.2) is 8.07 Å². The van der Waals surface area contributed by atoms with E-state index in [0.717, 1.165) is 81.5 Å². The van der Waals surface area contributed by atoms with E-state index in [1.807, 2.05) is 188 Å². The Labute approximate surface area is 613 Å². The lowest BCUT2D eigenvalue weighted by Gasteiger charge is -2.21. The second-order valence-corrected chi connectivity index (χ2v) is 32.2. The smallest absolute Gasteiger partial charge is 0.143 e. The van der Waals surface area contributed by atoms with Crippen molar-refractivity contribution < 1.29 is 30.8 Å². The molecule has 0 fully saturated rings. The molecule has 19 aromatic carbocycles.